The number of unbranched alkanes of at least 4 members (excludes halogenated alkanes) is 1. The molecule has 4 rings (SSSR count). The Morgan fingerprint density at radius 3 is 2.62 bits per heavy atom. The predicted molar refractivity (Wildman–Crippen MR) is 118 cm³/mol. The molecule has 1 atom stereocenters. The van der Waals surface area contributed by atoms with Crippen LogP contribution in [-0.2, 0) is 28.9 Å². The largest absolute Gasteiger partial charge is 0.548 e. The topological polar surface area (TPSA) is 113 Å². The van der Waals surface area contributed by atoms with Gasteiger partial charge in [-0.1, -0.05) is 19.8 Å². The molecular weight excluding hydrogens is 410 g/mol. The molecule has 1 aromatic carbocycles. The van der Waals surface area contributed by atoms with Crippen LogP contribution in [0.4, 0.5) is 0 Å². The third-order valence-electron chi connectivity index (χ3n) is 6.43. The van der Waals surface area contributed by atoms with Crippen molar-refractivity contribution in [1.82, 2.24) is 5.32 Å². The third-order valence-corrected chi connectivity index (χ3v) is 6.43. The zero-order valence-corrected chi connectivity index (χ0v) is 18.5. The van der Waals surface area contributed by atoms with Crippen molar-refractivity contribution in [2.75, 3.05) is 0 Å². The predicted octanol–water partition coefficient (Wildman–Crippen LogP) is 3.08. The van der Waals surface area contributed by atoms with Crippen LogP contribution < -0.4 is 16.0 Å². The monoisotopic (exact) mass is 438 g/mol. The van der Waals surface area contributed by atoms with Gasteiger partial charge in [-0.15, -0.1) is 0 Å². The van der Waals surface area contributed by atoms with Crippen molar-refractivity contribution in [3.63, 3.8) is 0 Å². The number of carbonyl (C=O) groups is 2. The highest BCUT2D eigenvalue weighted by atomic mass is 16.4. The third kappa shape index (κ3) is 4.29. The van der Waals surface area contributed by atoms with Crippen LogP contribution in [0.3, 0.4) is 0 Å². The molecule has 32 heavy (non-hydrogen) atoms. The number of aryl methyl sites for hydroxylation is 3. The fraction of sp³-hybridized carbons (Fsp3) is 0.480. The van der Waals surface area contributed by atoms with Gasteiger partial charge in [0.15, 0.2) is 0 Å². The highest BCUT2D eigenvalue weighted by Gasteiger charge is 2.21. The van der Waals surface area contributed by atoms with E-state index in [0.717, 1.165) is 59.8 Å². The van der Waals surface area contributed by atoms with E-state index in [1.807, 2.05) is 19.9 Å². The quantitative estimate of drug-likeness (QED) is 0.541. The lowest BCUT2D eigenvalue weighted by molar-refractivity contribution is -0.308. The Hall–Kier alpha value is -3.09. The van der Waals surface area contributed by atoms with Crippen LogP contribution in [0.1, 0.15) is 67.9 Å². The Bertz CT molecular complexity index is 1230. The molecule has 0 fully saturated rings. The van der Waals surface area contributed by atoms with Gasteiger partial charge >= 0.3 is 5.63 Å². The van der Waals surface area contributed by atoms with Crippen LogP contribution in [-0.4, -0.2) is 17.9 Å². The molecular formula is C25H28NO6-. The number of rotatable bonds is 8. The van der Waals surface area contributed by atoms with Crippen LogP contribution in [0.5, 0.6) is 0 Å². The second-order valence-corrected chi connectivity index (χ2v) is 8.63. The molecule has 2 heterocycles. The molecule has 0 saturated heterocycles. The molecule has 2 aromatic heterocycles. The Morgan fingerprint density at radius 1 is 1.12 bits per heavy atom. The van der Waals surface area contributed by atoms with Crippen LogP contribution in [0, 0.1) is 6.92 Å². The highest BCUT2D eigenvalue weighted by molar-refractivity contribution is 5.97. The molecule has 1 aliphatic rings. The summed E-state index contributed by atoms with van der Waals surface area (Å²) in [6, 6.07) is 2.79. The number of amides is 1. The van der Waals surface area contributed by atoms with Gasteiger partial charge in [-0.05, 0) is 50.7 Å². The van der Waals surface area contributed by atoms with Crippen molar-refractivity contribution in [3.05, 3.63) is 45.0 Å². The minimum absolute atomic E-state index is 0.00361. The molecule has 0 bridgehead atoms. The lowest BCUT2D eigenvalue weighted by Crippen LogP contribution is -2.47. The number of benzene rings is 1. The average Bonchev–Trinajstić information content (AvgIpc) is 3.12. The second kappa shape index (κ2) is 9.18. The Balaban J connectivity index is 1.58. The van der Waals surface area contributed by atoms with Crippen molar-refractivity contribution in [3.8, 4) is 0 Å². The maximum atomic E-state index is 12.6. The normalized spacial score (nSPS) is 14.4. The van der Waals surface area contributed by atoms with E-state index >= 15 is 0 Å². The number of carbonyl (C=O) groups excluding carboxylic acids is 2. The fourth-order valence-electron chi connectivity index (χ4n) is 4.60. The Labute approximate surface area is 185 Å². The van der Waals surface area contributed by atoms with Crippen molar-refractivity contribution < 1.29 is 23.5 Å². The van der Waals surface area contributed by atoms with E-state index < -0.39 is 23.5 Å². The van der Waals surface area contributed by atoms with Gasteiger partial charge < -0.3 is 24.1 Å². The van der Waals surface area contributed by atoms with Crippen molar-refractivity contribution in [1.29, 1.82) is 0 Å². The van der Waals surface area contributed by atoms with Crippen molar-refractivity contribution >= 4 is 33.8 Å². The number of fused-ring (bicyclic) bond motifs is 4. The van der Waals surface area contributed by atoms with Gasteiger partial charge in [-0.2, -0.15) is 0 Å². The van der Waals surface area contributed by atoms with E-state index in [4.69, 9.17) is 8.83 Å². The van der Waals surface area contributed by atoms with Gasteiger partial charge in [-0.3, -0.25) is 4.79 Å². The summed E-state index contributed by atoms with van der Waals surface area (Å²) in [6.45, 7) is 3.80. The SMILES string of the molecule is CCCC[C@H](NC(=O)CCc1c(C)c2cc3c4c(oc3cc2oc1=O)CCCC4)C(=O)[O-]. The summed E-state index contributed by atoms with van der Waals surface area (Å²) in [5, 5.41) is 15.7. The molecule has 0 aliphatic heterocycles. The standard InChI is InChI=1S/C25H29NO6/c1-3-4-8-19(24(28)29)26-23(27)11-10-15-14(2)17-12-18-16-7-5-6-9-20(16)31-22(18)13-21(17)32-25(15)30/h12-13,19H,3-11H2,1-2H3,(H,26,27)(H,28,29)/p-1/t19-/m0/s1. The average molecular weight is 439 g/mol. The summed E-state index contributed by atoms with van der Waals surface area (Å²) < 4.78 is 11.6. The lowest BCUT2D eigenvalue weighted by Gasteiger charge is -2.19. The van der Waals surface area contributed by atoms with Gasteiger partial charge in [0, 0.05) is 40.8 Å². The van der Waals surface area contributed by atoms with Gasteiger partial charge in [0.05, 0.1) is 12.0 Å². The van der Waals surface area contributed by atoms with E-state index in [0.29, 0.717) is 24.0 Å². The van der Waals surface area contributed by atoms with E-state index in [9.17, 15) is 19.5 Å². The molecule has 0 spiro atoms. The first-order valence-corrected chi connectivity index (χ1v) is 11.4. The molecule has 1 aliphatic carbocycles. The minimum atomic E-state index is -1.29. The van der Waals surface area contributed by atoms with Gasteiger partial charge in [0.1, 0.15) is 16.9 Å². The number of carboxylic acid groups (broad SMARTS) is 1. The number of carboxylic acids is 1. The number of furan rings is 1. The van der Waals surface area contributed by atoms with Gasteiger partial charge in [0.25, 0.3) is 0 Å². The highest BCUT2D eigenvalue weighted by Crippen LogP contribution is 2.35. The van der Waals surface area contributed by atoms with Crippen LogP contribution in [0.15, 0.2) is 25.8 Å². The van der Waals surface area contributed by atoms with E-state index in [2.05, 4.69) is 5.32 Å². The fourth-order valence-corrected chi connectivity index (χ4v) is 4.60. The summed E-state index contributed by atoms with van der Waals surface area (Å²) in [4.78, 5) is 36.2. The molecule has 7 heteroatoms. The van der Waals surface area contributed by atoms with Crippen LogP contribution in [0.25, 0.3) is 21.9 Å². The molecule has 0 radical (unpaired) electrons. The zero-order valence-electron chi connectivity index (χ0n) is 18.5. The van der Waals surface area contributed by atoms with E-state index in [-0.39, 0.29) is 12.8 Å². The number of hydrogen-bond donors (Lipinski definition) is 1. The molecule has 170 valence electrons. The van der Waals surface area contributed by atoms with E-state index in [1.165, 1.54) is 5.56 Å². The maximum Gasteiger partial charge on any atom is 0.339 e. The number of hydrogen-bond acceptors (Lipinski definition) is 6. The maximum absolute atomic E-state index is 12.6. The van der Waals surface area contributed by atoms with Crippen LogP contribution >= 0.6 is 0 Å². The lowest BCUT2D eigenvalue weighted by atomic mass is 9.94. The van der Waals surface area contributed by atoms with E-state index in [1.54, 1.807) is 6.07 Å². The van der Waals surface area contributed by atoms with Crippen molar-refractivity contribution in [2.24, 2.45) is 0 Å². The number of aliphatic carboxylic acids is 1. The molecule has 0 unspecified atom stereocenters. The summed E-state index contributed by atoms with van der Waals surface area (Å²) in [6.07, 6.45) is 6.15. The molecule has 1 N–H and O–H groups in total. The second-order valence-electron chi connectivity index (χ2n) is 8.63. The summed E-state index contributed by atoms with van der Waals surface area (Å²) in [5.41, 5.74) is 3.17. The zero-order chi connectivity index (χ0) is 22.8. The Morgan fingerprint density at radius 2 is 1.88 bits per heavy atom. The summed E-state index contributed by atoms with van der Waals surface area (Å²) >= 11 is 0. The number of nitrogens with one attached hydrogen (secondary N) is 1. The van der Waals surface area contributed by atoms with Gasteiger partial charge in [0.2, 0.25) is 5.91 Å². The molecule has 7 nitrogen and oxygen atoms in total. The first-order valence-electron chi connectivity index (χ1n) is 11.4. The summed E-state index contributed by atoms with van der Waals surface area (Å²) in [5.74, 6) is -0.696. The smallest absolute Gasteiger partial charge is 0.339 e. The van der Waals surface area contributed by atoms with Crippen LogP contribution in [0.2, 0.25) is 0 Å². The molecule has 1 amide bonds. The van der Waals surface area contributed by atoms with Crippen molar-refractivity contribution in [2.45, 2.75) is 77.7 Å². The molecule has 3 aromatic rings. The Kier molecular flexibility index (Phi) is 6.35. The minimum Gasteiger partial charge on any atom is -0.548 e. The first-order chi connectivity index (χ1) is 15.4. The molecule has 0 saturated carbocycles. The van der Waals surface area contributed by atoms with Gasteiger partial charge in [-0.25, -0.2) is 4.79 Å². The first kappa shape index (κ1) is 22.1. The summed E-state index contributed by atoms with van der Waals surface area (Å²) in [7, 11) is 0.